The number of hydrogen-bond donors (Lipinski definition) is 0. The molecule has 1 aliphatic rings. The van der Waals surface area contributed by atoms with Crippen molar-refractivity contribution in [2.45, 2.75) is 132 Å². The first-order valence-corrected chi connectivity index (χ1v) is 14.3. The first-order valence-electron chi connectivity index (χ1n) is 14.3. The van der Waals surface area contributed by atoms with Crippen molar-refractivity contribution in [3.63, 3.8) is 0 Å². The smallest absolute Gasteiger partial charge is 0.0133 e. The van der Waals surface area contributed by atoms with Gasteiger partial charge < -0.3 is 0 Å². The Kier molecular flexibility index (Phi) is 16.5. The van der Waals surface area contributed by atoms with Gasteiger partial charge in [-0.3, -0.25) is 0 Å². The molecule has 0 bridgehead atoms. The molecular formula is C35H56. The molecule has 0 radical (unpaired) electrons. The largest absolute Gasteiger partial charge is 0.0856 e. The Hall–Kier alpha value is -1.82. The second-order valence-corrected chi connectivity index (χ2v) is 11.4. The fraction of sp³-hybridized carbons (Fsp3) is 0.600. The van der Waals surface area contributed by atoms with Gasteiger partial charge in [0.15, 0.2) is 0 Å². The van der Waals surface area contributed by atoms with Crippen LogP contribution in [0.25, 0.3) is 0 Å². The van der Waals surface area contributed by atoms with Gasteiger partial charge in [0.25, 0.3) is 0 Å². The van der Waals surface area contributed by atoms with Crippen molar-refractivity contribution in [1.82, 2.24) is 0 Å². The minimum Gasteiger partial charge on any atom is -0.0856 e. The van der Waals surface area contributed by atoms with Crippen LogP contribution in [0, 0.1) is 5.92 Å². The van der Waals surface area contributed by atoms with Crippen molar-refractivity contribution in [1.29, 1.82) is 0 Å². The van der Waals surface area contributed by atoms with Crippen molar-refractivity contribution in [2.24, 2.45) is 5.92 Å². The zero-order valence-corrected chi connectivity index (χ0v) is 24.6. The summed E-state index contributed by atoms with van der Waals surface area (Å²) in [6.45, 7) is 18.2. The monoisotopic (exact) mass is 476 g/mol. The summed E-state index contributed by atoms with van der Waals surface area (Å²) in [7, 11) is 0. The molecule has 0 amide bonds. The van der Waals surface area contributed by atoms with Gasteiger partial charge in [0, 0.05) is 0 Å². The molecule has 0 unspecified atom stereocenters. The Bertz CT molecular complexity index is 827. The van der Waals surface area contributed by atoms with Gasteiger partial charge in [0.05, 0.1) is 0 Å². The Morgan fingerprint density at radius 1 is 0.629 bits per heavy atom. The maximum Gasteiger partial charge on any atom is -0.0133 e. The highest BCUT2D eigenvalue weighted by atomic mass is 14.2. The Balaban J connectivity index is 2.22. The van der Waals surface area contributed by atoms with Crippen LogP contribution in [0.2, 0.25) is 0 Å². The maximum absolute atomic E-state index is 2.48. The molecule has 0 aromatic carbocycles. The molecule has 196 valence electrons. The van der Waals surface area contributed by atoms with Gasteiger partial charge in [-0.05, 0) is 131 Å². The molecular weight excluding hydrogens is 420 g/mol. The Morgan fingerprint density at radius 3 is 1.46 bits per heavy atom. The van der Waals surface area contributed by atoms with E-state index in [2.05, 4.69) is 97.9 Å². The van der Waals surface area contributed by atoms with Crippen molar-refractivity contribution >= 4 is 0 Å². The van der Waals surface area contributed by atoms with Crippen LogP contribution < -0.4 is 0 Å². The lowest BCUT2D eigenvalue weighted by atomic mass is 9.88. The summed E-state index contributed by atoms with van der Waals surface area (Å²) in [4.78, 5) is 0. The fourth-order valence-electron chi connectivity index (χ4n) is 4.55. The highest BCUT2D eigenvalue weighted by Crippen LogP contribution is 2.26. The SMILES string of the molecule is CC(C)=CCC/C(C)=C/CC/C(C)=C/CC/C(C)=C/CC/C(C)=C/CC[C@@H](C)C1=CCC(C)=CC1. The average molecular weight is 477 g/mol. The van der Waals surface area contributed by atoms with Crippen LogP contribution in [0.15, 0.2) is 81.5 Å². The highest BCUT2D eigenvalue weighted by molar-refractivity contribution is 5.22. The van der Waals surface area contributed by atoms with Crippen LogP contribution in [-0.4, -0.2) is 0 Å². The van der Waals surface area contributed by atoms with Gasteiger partial charge >= 0.3 is 0 Å². The fourth-order valence-corrected chi connectivity index (χ4v) is 4.55. The summed E-state index contributed by atoms with van der Waals surface area (Å²) in [6.07, 6.45) is 31.3. The van der Waals surface area contributed by atoms with E-state index < -0.39 is 0 Å². The maximum atomic E-state index is 2.48. The van der Waals surface area contributed by atoms with Crippen LogP contribution in [0.1, 0.15) is 132 Å². The molecule has 0 N–H and O–H groups in total. The minimum atomic E-state index is 0.717. The van der Waals surface area contributed by atoms with Gasteiger partial charge in [0.1, 0.15) is 0 Å². The molecule has 1 aliphatic carbocycles. The van der Waals surface area contributed by atoms with Crippen LogP contribution in [0.3, 0.4) is 0 Å². The second kappa shape index (κ2) is 18.4. The molecule has 0 nitrogen and oxygen atoms in total. The summed E-state index contributed by atoms with van der Waals surface area (Å²) < 4.78 is 0. The third kappa shape index (κ3) is 16.5. The standard InChI is InChI=1S/C35H56/c1-28(2)14-9-15-29(3)16-10-17-30(4)18-11-19-31(5)20-12-21-32(6)22-13-23-34(8)35-26-24-33(7)25-27-35/h14,16,18,20,22,24,27,34H,9-13,15,17,19,21,23,25-26H2,1-8H3/b29-16+,30-18+,31-20+,32-22+/t34-/m1/s1. The van der Waals surface area contributed by atoms with Gasteiger partial charge in [-0.2, -0.15) is 0 Å². The quantitative estimate of drug-likeness (QED) is 0.194. The molecule has 1 atom stereocenters. The molecule has 0 heterocycles. The Morgan fingerprint density at radius 2 is 1.06 bits per heavy atom. The molecule has 0 spiro atoms. The van der Waals surface area contributed by atoms with Gasteiger partial charge in [-0.15, -0.1) is 0 Å². The lowest BCUT2D eigenvalue weighted by Crippen LogP contribution is -2.02. The van der Waals surface area contributed by atoms with Gasteiger partial charge in [0.2, 0.25) is 0 Å². The normalized spacial score (nSPS) is 16.7. The third-order valence-corrected chi connectivity index (χ3v) is 7.28. The van der Waals surface area contributed by atoms with Crippen molar-refractivity contribution in [3.05, 3.63) is 81.5 Å². The molecule has 0 saturated heterocycles. The van der Waals surface area contributed by atoms with E-state index in [9.17, 15) is 0 Å². The molecule has 35 heavy (non-hydrogen) atoms. The first kappa shape index (κ1) is 31.2. The average Bonchev–Trinajstić information content (AvgIpc) is 2.79. The van der Waals surface area contributed by atoms with E-state index in [1.165, 1.54) is 98.5 Å². The predicted octanol–water partition coefficient (Wildman–Crippen LogP) is 11.9. The van der Waals surface area contributed by atoms with E-state index in [-0.39, 0.29) is 0 Å². The van der Waals surface area contributed by atoms with Crippen LogP contribution in [0.4, 0.5) is 0 Å². The molecule has 0 aromatic rings. The zero-order chi connectivity index (χ0) is 26.1. The van der Waals surface area contributed by atoms with Crippen LogP contribution in [-0.2, 0) is 0 Å². The molecule has 0 aromatic heterocycles. The molecule has 0 aliphatic heterocycles. The van der Waals surface area contributed by atoms with E-state index in [0.29, 0.717) is 0 Å². The van der Waals surface area contributed by atoms with Crippen molar-refractivity contribution in [2.75, 3.05) is 0 Å². The summed E-state index contributed by atoms with van der Waals surface area (Å²) in [5.41, 5.74) is 10.7. The number of allylic oxidation sites excluding steroid dienone is 14. The summed E-state index contributed by atoms with van der Waals surface area (Å²) in [5, 5.41) is 0. The second-order valence-electron chi connectivity index (χ2n) is 11.4. The zero-order valence-electron chi connectivity index (χ0n) is 24.6. The van der Waals surface area contributed by atoms with Crippen LogP contribution >= 0.6 is 0 Å². The van der Waals surface area contributed by atoms with E-state index in [1.54, 1.807) is 11.1 Å². The summed E-state index contributed by atoms with van der Waals surface area (Å²) >= 11 is 0. The van der Waals surface area contributed by atoms with Crippen molar-refractivity contribution in [3.8, 4) is 0 Å². The van der Waals surface area contributed by atoms with Crippen LogP contribution in [0.5, 0.6) is 0 Å². The van der Waals surface area contributed by atoms with E-state index >= 15 is 0 Å². The summed E-state index contributed by atoms with van der Waals surface area (Å²) in [5.74, 6) is 0.717. The predicted molar refractivity (Wildman–Crippen MR) is 161 cm³/mol. The minimum absolute atomic E-state index is 0.717. The lowest BCUT2D eigenvalue weighted by Gasteiger charge is -2.18. The molecule has 0 saturated carbocycles. The number of rotatable bonds is 16. The lowest BCUT2D eigenvalue weighted by molar-refractivity contribution is 0.602. The van der Waals surface area contributed by atoms with E-state index in [4.69, 9.17) is 0 Å². The van der Waals surface area contributed by atoms with Gasteiger partial charge in [-0.1, -0.05) is 88.5 Å². The molecule has 1 rings (SSSR count). The third-order valence-electron chi connectivity index (χ3n) is 7.28. The van der Waals surface area contributed by atoms with E-state index in [1.807, 2.05) is 0 Å². The first-order chi connectivity index (χ1) is 16.7. The Labute approximate surface area is 219 Å². The summed E-state index contributed by atoms with van der Waals surface area (Å²) in [6, 6.07) is 0. The molecule has 0 fully saturated rings. The molecule has 0 heteroatoms. The van der Waals surface area contributed by atoms with E-state index in [0.717, 1.165) is 12.3 Å². The number of hydrogen-bond acceptors (Lipinski definition) is 0. The highest BCUT2D eigenvalue weighted by Gasteiger charge is 2.10. The topological polar surface area (TPSA) is 0 Å². The van der Waals surface area contributed by atoms with Crippen molar-refractivity contribution < 1.29 is 0 Å². The van der Waals surface area contributed by atoms with Gasteiger partial charge in [-0.25, -0.2) is 0 Å².